The number of aliphatic carboxylic acids is 1. The molecule has 0 saturated heterocycles. The van der Waals surface area contributed by atoms with Crippen LogP contribution in [0.2, 0.25) is 0 Å². The molecular formula is C84H137NO8. The maximum Gasteiger partial charge on any atom is 0.306 e. The molecule has 93 heavy (non-hydrogen) atoms. The summed E-state index contributed by atoms with van der Waals surface area (Å²) in [6.45, 7) is 4.49. The Morgan fingerprint density at radius 2 is 0.581 bits per heavy atom. The number of esters is 2. The highest BCUT2D eigenvalue weighted by atomic mass is 16.7. The van der Waals surface area contributed by atoms with E-state index in [2.05, 4.69) is 184 Å². The van der Waals surface area contributed by atoms with Gasteiger partial charge in [0.2, 0.25) is 0 Å². The zero-order valence-electron chi connectivity index (χ0n) is 60.1. The van der Waals surface area contributed by atoms with Crippen molar-refractivity contribution in [1.82, 2.24) is 0 Å². The van der Waals surface area contributed by atoms with Crippen molar-refractivity contribution in [2.24, 2.45) is 0 Å². The monoisotopic (exact) mass is 1290 g/mol. The number of ether oxygens (including phenoxy) is 4. The molecule has 0 aliphatic heterocycles. The van der Waals surface area contributed by atoms with Gasteiger partial charge in [-0.2, -0.15) is 0 Å². The van der Waals surface area contributed by atoms with Gasteiger partial charge in [0, 0.05) is 12.8 Å². The molecule has 9 heteroatoms. The average molecular weight is 1290 g/mol. The number of likely N-dealkylation sites (N-methyl/N-ethyl adjacent to an activating group) is 1. The summed E-state index contributed by atoms with van der Waals surface area (Å²) >= 11 is 0. The maximum atomic E-state index is 12.9. The molecule has 0 aromatic heterocycles. The van der Waals surface area contributed by atoms with Crippen molar-refractivity contribution in [3.8, 4) is 0 Å². The van der Waals surface area contributed by atoms with Crippen LogP contribution in [0.3, 0.4) is 0 Å². The highest BCUT2D eigenvalue weighted by Crippen LogP contribution is 2.17. The van der Waals surface area contributed by atoms with E-state index in [4.69, 9.17) is 18.9 Å². The van der Waals surface area contributed by atoms with E-state index >= 15 is 0 Å². The van der Waals surface area contributed by atoms with Crippen LogP contribution in [0.4, 0.5) is 0 Å². The highest BCUT2D eigenvalue weighted by molar-refractivity contribution is 5.70. The number of quaternary nitrogens is 1. The van der Waals surface area contributed by atoms with Crippen molar-refractivity contribution < 1.29 is 42.9 Å². The average Bonchev–Trinajstić information content (AvgIpc) is 3.74. The van der Waals surface area contributed by atoms with Crippen LogP contribution in [-0.4, -0.2) is 82.3 Å². The smallest absolute Gasteiger partial charge is 0.306 e. The van der Waals surface area contributed by atoms with Crippen LogP contribution < -0.4 is 5.11 Å². The number of carbonyl (C=O) groups excluding carboxylic acids is 3. The molecule has 0 aromatic carbocycles. The van der Waals surface area contributed by atoms with Crippen molar-refractivity contribution in [2.45, 2.75) is 296 Å². The van der Waals surface area contributed by atoms with Gasteiger partial charge in [-0.3, -0.25) is 9.59 Å². The van der Waals surface area contributed by atoms with Crippen LogP contribution in [-0.2, 0) is 33.3 Å². The van der Waals surface area contributed by atoms with Crippen LogP contribution in [0.5, 0.6) is 0 Å². The number of carboxylic acids is 1. The summed E-state index contributed by atoms with van der Waals surface area (Å²) < 4.78 is 22.8. The third kappa shape index (κ3) is 73.9. The molecule has 0 amide bonds. The Morgan fingerprint density at radius 3 is 0.860 bits per heavy atom. The molecule has 0 heterocycles. The Kier molecular flexibility index (Phi) is 68.3. The van der Waals surface area contributed by atoms with Crippen molar-refractivity contribution in [1.29, 1.82) is 0 Å². The summed E-state index contributed by atoms with van der Waals surface area (Å²) in [5.74, 6) is -2.32. The van der Waals surface area contributed by atoms with Crippen LogP contribution >= 0.6 is 0 Å². The number of unbranched alkanes of at least 4 members (excludes halogenated alkanes) is 24. The maximum absolute atomic E-state index is 12.9. The quantitative estimate of drug-likeness (QED) is 0.0195. The number of allylic oxidation sites excluding steroid dienone is 28. The largest absolute Gasteiger partial charge is 0.545 e. The van der Waals surface area contributed by atoms with E-state index in [0.717, 1.165) is 135 Å². The van der Waals surface area contributed by atoms with Crippen molar-refractivity contribution in [3.05, 3.63) is 170 Å². The highest BCUT2D eigenvalue weighted by Gasteiger charge is 2.22. The lowest BCUT2D eigenvalue weighted by Gasteiger charge is -2.26. The van der Waals surface area contributed by atoms with E-state index in [9.17, 15) is 19.5 Å². The Bertz CT molecular complexity index is 2140. The fourth-order valence-corrected chi connectivity index (χ4v) is 9.85. The van der Waals surface area contributed by atoms with Gasteiger partial charge in [0.05, 0.1) is 40.3 Å². The molecule has 2 atom stereocenters. The standard InChI is InChI=1S/C84H137NO8/c1-6-8-10-12-14-16-18-20-22-24-26-28-30-32-34-36-37-38-39-40-41-42-43-44-45-47-48-50-52-54-56-58-60-62-64-66-68-70-72-74-81(86)91-78-80(79-92-84(83(88)89)90-77-76-85(3,4)5)93-82(87)75-73-71-69-67-65-63-61-59-57-55-53-51-49-46-35-33-31-29-27-25-23-21-19-17-15-13-11-9-7-2/h8-11,14-17,20-23,26-29,32-35,37-38,49,51,55,57,61,63,80,84H,6-7,12-13,18-19,24-25,30-31,36,39-48,50,52-54,56,58-60,62,64-79H2,1-5H3/b10-8-,11-9-,16-14-,17-15-,22-20-,23-21-,28-26-,29-27-,34-32-,35-33-,38-37-,51-49-,57-55-,63-61-. The number of nitrogens with zero attached hydrogens (tertiary/aromatic N) is 1. The molecule has 0 N–H and O–H groups in total. The summed E-state index contributed by atoms with van der Waals surface area (Å²) in [4.78, 5) is 37.5. The molecule has 0 aromatic rings. The number of hydrogen-bond acceptors (Lipinski definition) is 8. The minimum atomic E-state index is -1.64. The van der Waals surface area contributed by atoms with Gasteiger partial charge in [-0.15, -0.1) is 0 Å². The minimum Gasteiger partial charge on any atom is -0.545 e. The van der Waals surface area contributed by atoms with Crippen LogP contribution in [0.25, 0.3) is 0 Å². The van der Waals surface area contributed by atoms with Crippen LogP contribution in [0, 0.1) is 0 Å². The van der Waals surface area contributed by atoms with Gasteiger partial charge in [0.25, 0.3) is 0 Å². The van der Waals surface area contributed by atoms with Crippen molar-refractivity contribution >= 4 is 17.9 Å². The molecule has 0 aliphatic carbocycles. The third-order valence-electron chi connectivity index (χ3n) is 15.5. The van der Waals surface area contributed by atoms with E-state index in [0.29, 0.717) is 17.4 Å². The summed E-state index contributed by atoms with van der Waals surface area (Å²) in [6, 6.07) is 0. The predicted molar refractivity (Wildman–Crippen MR) is 398 cm³/mol. The van der Waals surface area contributed by atoms with Gasteiger partial charge in [-0.05, 0) is 128 Å². The fraction of sp³-hybridized carbons (Fsp3) is 0.631. The first-order valence-corrected chi connectivity index (χ1v) is 37.3. The molecule has 0 radical (unpaired) electrons. The SMILES string of the molecule is CC/C=C\C/C=C\C/C=C\C/C=C\C/C=C\C/C=C\C/C=C\C/C=C\CCCCCCC(=O)OC(COC(=O)CCCCCCCCCCCCCCCCCCCCCC/C=C\C/C=C\C/C=C\C/C=C\C/C=C\C/C=C\CC)COC(OCC[N+](C)(C)C)C(=O)[O-]. The fourth-order valence-electron chi connectivity index (χ4n) is 9.85. The molecule has 0 saturated carbocycles. The summed E-state index contributed by atoms with van der Waals surface area (Å²) in [6.07, 6.45) is 106. The lowest BCUT2D eigenvalue weighted by Crippen LogP contribution is -2.44. The van der Waals surface area contributed by atoms with Gasteiger partial charge in [0.15, 0.2) is 12.4 Å². The topological polar surface area (TPSA) is 111 Å². The van der Waals surface area contributed by atoms with Gasteiger partial charge in [-0.25, -0.2) is 0 Å². The molecule has 9 nitrogen and oxygen atoms in total. The molecule has 0 bridgehead atoms. The Hall–Kier alpha value is -5.35. The first kappa shape index (κ1) is 87.7. The van der Waals surface area contributed by atoms with E-state index in [1.165, 1.54) is 116 Å². The second-order valence-corrected chi connectivity index (χ2v) is 25.5. The molecule has 526 valence electrons. The third-order valence-corrected chi connectivity index (χ3v) is 15.5. The number of rotatable bonds is 67. The molecule has 0 aliphatic rings. The normalized spacial score (nSPS) is 13.7. The summed E-state index contributed by atoms with van der Waals surface area (Å²) in [5.41, 5.74) is 0. The minimum absolute atomic E-state index is 0.135. The molecule has 2 unspecified atom stereocenters. The lowest BCUT2D eigenvalue weighted by molar-refractivity contribution is -0.870. The van der Waals surface area contributed by atoms with Crippen LogP contribution in [0.1, 0.15) is 284 Å². The Balaban J connectivity index is 4.12. The summed E-state index contributed by atoms with van der Waals surface area (Å²) in [7, 11) is 5.92. The number of carboxylic acid groups (broad SMARTS) is 1. The zero-order chi connectivity index (χ0) is 67.5. The van der Waals surface area contributed by atoms with Crippen LogP contribution in [0.15, 0.2) is 170 Å². The number of hydrogen-bond donors (Lipinski definition) is 0. The van der Waals surface area contributed by atoms with Gasteiger partial charge >= 0.3 is 11.9 Å². The second kappa shape index (κ2) is 72.5. The second-order valence-electron chi connectivity index (χ2n) is 25.5. The lowest BCUT2D eigenvalue weighted by atomic mass is 10.0. The Morgan fingerprint density at radius 1 is 0.323 bits per heavy atom. The molecule has 0 fully saturated rings. The predicted octanol–water partition coefficient (Wildman–Crippen LogP) is 22.5. The van der Waals surface area contributed by atoms with E-state index in [1.54, 1.807) is 0 Å². The van der Waals surface area contributed by atoms with Gasteiger partial charge in [-0.1, -0.05) is 312 Å². The van der Waals surface area contributed by atoms with E-state index in [-0.39, 0.29) is 38.6 Å². The molecular weight excluding hydrogens is 1150 g/mol. The van der Waals surface area contributed by atoms with Gasteiger partial charge in [0.1, 0.15) is 13.2 Å². The first-order valence-electron chi connectivity index (χ1n) is 37.3. The van der Waals surface area contributed by atoms with Crippen molar-refractivity contribution in [3.63, 3.8) is 0 Å². The number of carbonyl (C=O) groups is 3. The van der Waals surface area contributed by atoms with E-state index in [1.807, 2.05) is 21.1 Å². The zero-order valence-corrected chi connectivity index (χ0v) is 60.1. The molecule has 0 rings (SSSR count). The van der Waals surface area contributed by atoms with E-state index < -0.39 is 24.3 Å². The van der Waals surface area contributed by atoms with Gasteiger partial charge < -0.3 is 33.3 Å². The van der Waals surface area contributed by atoms with Crippen molar-refractivity contribution in [2.75, 3.05) is 47.5 Å². The Labute approximate surface area is 571 Å². The molecule has 0 spiro atoms. The summed E-state index contributed by atoms with van der Waals surface area (Å²) in [5, 5.41) is 11.8. The first-order chi connectivity index (χ1) is 45.6.